The number of nitrogens with two attached hydrogens (primary N) is 1. The first-order valence-electron chi connectivity index (χ1n) is 6.19. The van der Waals surface area contributed by atoms with Gasteiger partial charge in [0, 0.05) is 24.3 Å². The lowest BCUT2D eigenvalue weighted by molar-refractivity contribution is -0.395. The van der Waals surface area contributed by atoms with E-state index < -0.39 is 24.9 Å². The number of nitro groups is 2. The Balaban J connectivity index is 0.000000251. The Hall–Kier alpha value is -2.80. The van der Waals surface area contributed by atoms with E-state index in [2.05, 4.69) is 5.73 Å². The normalized spacial score (nSPS) is 10.5. The molecule has 0 aliphatic heterocycles. The van der Waals surface area contributed by atoms with Gasteiger partial charge in [0.1, 0.15) is 10.1 Å². The number of nitrogen functional groups attached to an aromatic ring is 1. The van der Waals surface area contributed by atoms with Crippen LogP contribution in [0.4, 0.5) is 22.7 Å². The average molecular weight is 391 g/mol. The third-order valence-electron chi connectivity index (χ3n) is 2.73. The van der Waals surface area contributed by atoms with Crippen LogP contribution in [-0.2, 0) is 10.1 Å². The van der Waals surface area contributed by atoms with Gasteiger partial charge in [0.15, 0.2) is 0 Å². The summed E-state index contributed by atoms with van der Waals surface area (Å²) in [5.41, 5.74) is 8.91. The van der Waals surface area contributed by atoms with Crippen molar-refractivity contribution in [3.05, 3.63) is 61.6 Å². The number of nitro benzene ring substituents is 2. The molecule has 11 nitrogen and oxygen atoms in total. The second-order valence-electron chi connectivity index (χ2n) is 4.46. The molecular formula is C12H11ClN4O7S. The molecule has 0 heterocycles. The number of hydrogen-bond acceptors (Lipinski definition) is 8. The summed E-state index contributed by atoms with van der Waals surface area (Å²) < 4.78 is 31.2. The number of quaternary nitrogens is 1. The summed E-state index contributed by atoms with van der Waals surface area (Å²) in [6.07, 6.45) is 0. The largest absolute Gasteiger partial charge is 0.744 e. The maximum Gasteiger partial charge on any atom is 0.331 e. The van der Waals surface area contributed by atoms with Crippen molar-refractivity contribution in [2.24, 2.45) is 0 Å². The summed E-state index contributed by atoms with van der Waals surface area (Å²) in [6.45, 7) is 0. The van der Waals surface area contributed by atoms with Gasteiger partial charge in [0.2, 0.25) is 5.69 Å². The Morgan fingerprint density at radius 3 is 1.96 bits per heavy atom. The van der Waals surface area contributed by atoms with Crippen LogP contribution in [0.25, 0.3) is 0 Å². The molecular weight excluding hydrogens is 380 g/mol. The maximum atomic E-state index is 10.4. The molecule has 0 fully saturated rings. The first kappa shape index (κ1) is 20.2. The van der Waals surface area contributed by atoms with Crippen LogP contribution in [-0.4, -0.2) is 22.8 Å². The van der Waals surface area contributed by atoms with Gasteiger partial charge in [0.05, 0.1) is 25.5 Å². The quantitative estimate of drug-likeness (QED) is 0.337. The predicted molar refractivity (Wildman–Crippen MR) is 86.1 cm³/mol. The molecule has 0 radical (unpaired) electrons. The van der Waals surface area contributed by atoms with Crippen LogP contribution in [0.5, 0.6) is 0 Å². The van der Waals surface area contributed by atoms with Crippen molar-refractivity contribution in [1.29, 1.82) is 0 Å². The first-order valence-corrected chi connectivity index (χ1v) is 7.98. The fraction of sp³-hybridized carbons (Fsp3) is 0. The molecule has 2 aromatic rings. The zero-order valence-electron chi connectivity index (χ0n) is 12.3. The summed E-state index contributed by atoms with van der Waals surface area (Å²) in [5.74, 6) is 0. The van der Waals surface area contributed by atoms with Gasteiger partial charge >= 0.3 is 5.69 Å². The molecule has 0 aliphatic rings. The molecule has 2 rings (SSSR count). The van der Waals surface area contributed by atoms with Gasteiger partial charge in [-0.2, -0.15) is 0 Å². The number of nitrogens with zero attached hydrogens (tertiary/aromatic N) is 2. The molecule has 0 aliphatic carbocycles. The molecule has 0 saturated heterocycles. The number of hydrogen-bond donors (Lipinski definition) is 2. The number of benzene rings is 2. The van der Waals surface area contributed by atoms with Crippen LogP contribution in [0.1, 0.15) is 0 Å². The van der Waals surface area contributed by atoms with Crippen molar-refractivity contribution in [3.8, 4) is 0 Å². The fourth-order valence-electron chi connectivity index (χ4n) is 1.52. The van der Waals surface area contributed by atoms with E-state index in [0.717, 1.165) is 24.3 Å². The van der Waals surface area contributed by atoms with E-state index >= 15 is 0 Å². The highest BCUT2D eigenvalue weighted by Crippen LogP contribution is 2.29. The SMILES string of the molecule is Nc1cc([N+](=O)[O-])c([NH3+])cc1Cl.O=[N+]([O-])c1ccc(S(=O)(=O)[O-])cc1. The van der Waals surface area contributed by atoms with Crippen molar-refractivity contribution >= 4 is 44.5 Å². The minimum Gasteiger partial charge on any atom is -0.744 e. The van der Waals surface area contributed by atoms with Crippen molar-refractivity contribution in [1.82, 2.24) is 0 Å². The molecule has 0 atom stereocenters. The molecule has 25 heavy (non-hydrogen) atoms. The molecule has 2 aromatic carbocycles. The third kappa shape index (κ3) is 5.65. The summed E-state index contributed by atoms with van der Waals surface area (Å²) in [6, 6.07) is 6.30. The summed E-state index contributed by atoms with van der Waals surface area (Å²) in [5, 5.41) is 20.8. The molecule has 0 bridgehead atoms. The smallest absolute Gasteiger partial charge is 0.331 e. The minimum atomic E-state index is -4.52. The van der Waals surface area contributed by atoms with Gasteiger partial charge in [-0.1, -0.05) is 11.6 Å². The van der Waals surface area contributed by atoms with Crippen LogP contribution in [0.2, 0.25) is 5.02 Å². The van der Waals surface area contributed by atoms with Crippen molar-refractivity contribution < 1.29 is 28.6 Å². The van der Waals surface area contributed by atoms with E-state index in [1.165, 1.54) is 12.1 Å². The monoisotopic (exact) mass is 390 g/mol. The van der Waals surface area contributed by atoms with Gasteiger partial charge in [-0.15, -0.1) is 0 Å². The van der Waals surface area contributed by atoms with Crippen LogP contribution in [0.15, 0.2) is 41.3 Å². The lowest BCUT2D eigenvalue weighted by Crippen LogP contribution is -2.40. The van der Waals surface area contributed by atoms with Gasteiger partial charge < -0.3 is 16.0 Å². The van der Waals surface area contributed by atoms with E-state index in [-0.39, 0.29) is 27.8 Å². The topological polar surface area (TPSA) is 197 Å². The van der Waals surface area contributed by atoms with Crippen LogP contribution >= 0.6 is 11.6 Å². The van der Waals surface area contributed by atoms with E-state index in [1.807, 2.05) is 0 Å². The van der Waals surface area contributed by atoms with Crippen LogP contribution in [0.3, 0.4) is 0 Å². The zero-order valence-corrected chi connectivity index (χ0v) is 13.9. The number of halogens is 1. The molecule has 134 valence electrons. The second-order valence-corrected chi connectivity index (χ2v) is 6.25. The van der Waals surface area contributed by atoms with E-state index in [9.17, 15) is 33.2 Å². The number of non-ortho nitro benzene ring substituents is 1. The molecule has 0 amide bonds. The average Bonchev–Trinajstić information content (AvgIpc) is 2.50. The van der Waals surface area contributed by atoms with Crippen LogP contribution < -0.4 is 11.5 Å². The Bertz CT molecular complexity index is 916. The highest BCUT2D eigenvalue weighted by Gasteiger charge is 2.16. The number of anilines is 1. The Morgan fingerprint density at radius 1 is 1.04 bits per heavy atom. The zero-order chi connectivity index (χ0) is 19.4. The predicted octanol–water partition coefficient (Wildman–Crippen LogP) is 1.20. The molecule has 0 saturated carbocycles. The van der Waals surface area contributed by atoms with E-state index in [0.29, 0.717) is 0 Å². The van der Waals surface area contributed by atoms with E-state index in [4.69, 9.17) is 17.3 Å². The Kier molecular flexibility index (Phi) is 6.36. The van der Waals surface area contributed by atoms with Crippen molar-refractivity contribution in [2.45, 2.75) is 4.90 Å². The minimum absolute atomic E-state index is 0.114. The first-order chi connectivity index (χ1) is 11.4. The lowest BCUT2D eigenvalue weighted by Gasteiger charge is -2.04. The second kappa shape index (κ2) is 7.85. The molecule has 0 spiro atoms. The molecule has 0 aromatic heterocycles. The van der Waals surface area contributed by atoms with Gasteiger partial charge in [-0.3, -0.25) is 20.2 Å². The van der Waals surface area contributed by atoms with Crippen molar-refractivity contribution in [2.75, 3.05) is 5.73 Å². The van der Waals surface area contributed by atoms with Gasteiger partial charge in [0.25, 0.3) is 5.69 Å². The Labute approximate surface area is 145 Å². The maximum absolute atomic E-state index is 10.4. The Morgan fingerprint density at radius 2 is 1.56 bits per heavy atom. The van der Waals surface area contributed by atoms with E-state index in [1.54, 1.807) is 0 Å². The highest BCUT2D eigenvalue weighted by atomic mass is 35.5. The lowest BCUT2D eigenvalue weighted by atomic mass is 10.2. The summed E-state index contributed by atoms with van der Waals surface area (Å²) in [4.78, 5) is 18.8. The molecule has 0 unspecified atom stereocenters. The molecule has 13 heteroatoms. The van der Waals surface area contributed by atoms with Gasteiger partial charge in [-0.05, 0) is 12.1 Å². The number of rotatable bonds is 3. The summed E-state index contributed by atoms with van der Waals surface area (Å²) in [7, 11) is -4.52. The fourth-order valence-corrected chi connectivity index (χ4v) is 2.18. The van der Waals surface area contributed by atoms with Crippen molar-refractivity contribution in [3.63, 3.8) is 0 Å². The van der Waals surface area contributed by atoms with Gasteiger partial charge in [-0.25, -0.2) is 8.42 Å². The molecule has 5 N–H and O–H groups in total. The third-order valence-corrected chi connectivity index (χ3v) is 3.91. The summed E-state index contributed by atoms with van der Waals surface area (Å²) >= 11 is 5.60. The standard InChI is InChI=1S/C6H6ClN3O2.C6H5NO5S/c7-3-1-5(9)6(10(11)12)2-4(3)8;8-7(9)5-1-3-6(4-2-5)13(10,11)12/h1-2H,8-9H2;1-4H,(H,10,11,12). The highest BCUT2D eigenvalue weighted by molar-refractivity contribution is 7.85. The van der Waals surface area contributed by atoms with Crippen LogP contribution in [0, 0.1) is 20.2 Å².